The predicted molar refractivity (Wildman–Crippen MR) is 57.1 cm³/mol. The fraction of sp³-hybridized carbons (Fsp3) is 0.417. The molecule has 0 aromatic heterocycles. The fourth-order valence-corrected chi connectivity index (χ4v) is 1.72. The topological polar surface area (TPSA) is 26.3 Å². The highest BCUT2D eigenvalue weighted by atomic mass is 19.4. The van der Waals surface area contributed by atoms with Gasteiger partial charge < -0.3 is 4.74 Å². The Morgan fingerprint density at radius 1 is 1.05 bits per heavy atom. The van der Waals surface area contributed by atoms with E-state index in [0.717, 1.165) is 6.92 Å². The molecule has 0 amide bonds. The Balaban J connectivity index is 3.59. The van der Waals surface area contributed by atoms with Gasteiger partial charge in [0.05, 0.1) is 23.3 Å². The van der Waals surface area contributed by atoms with E-state index in [1.54, 1.807) is 0 Å². The molecule has 20 heavy (non-hydrogen) atoms. The van der Waals surface area contributed by atoms with Gasteiger partial charge in [0.25, 0.3) is 0 Å². The van der Waals surface area contributed by atoms with Gasteiger partial charge in [0.15, 0.2) is 0 Å². The van der Waals surface area contributed by atoms with Crippen LogP contribution in [0.4, 0.5) is 26.3 Å². The van der Waals surface area contributed by atoms with Crippen molar-refractivity contribution in [1.82, 2.24) is 0 Å². The standard InChI is InChI=1S/C12H10F6O2/c1-3-20-10(19)9-6(2)7(11(13,14)15)4-5-8(9)12(16,17)18/h4-5H,3H2,1-2H3. The second-order valence-corrected chi connectivity index (χ2v) is 3.88. The van der Waals surface area contributed by atoms with Crippen LogP contribution < -0.4 is 0 Å². The summed E-state index contributed by atoms with van der Waals surface area (Å²) in [5.41, 5.74) is -4.64. The molecular formula is C12H10F6O2. The summed E-state index contributed by atoms with van der Waals surface area (Å²) < 4.78 is 80.7. The molecule has 1 aromatic rings. The number of hydrogen-bond acceptors (Lipinski definition) is 2. The first-order valence-corrected chi connectivity index (χ1v) is 5.45. The summed E-state index contributed by atoms with van der Waals surface area (Å²) in [5.74, 6) is -1.43. The summed E-state index contributed by atoms with van der Waals surface area (Å²) >= 11 is 0. The number of alkyl halides is 6. The van der Waals surface area contributed by atoms with Crippen LogP contribution >= 0.6 is 0 Å². The Hall–Kier alpha value is -1.73. The molecule has 0 N–H and O–H groups in total. The van der Waals surface area contributed by atoms with Crippen molar-refractivity contribution in [3.8, 4) is 0 Å². The van der Waals surface area contributed by atoms with Crippen LogP contribution in [-0.4, -0.2) is 12.6 Å². The van der Waals surface area contributed by atoms with Crippen LogP contribution in [0.3, 0.4) is 0 Å². The number of carbonyl (C=O) groups excluding carboxylic acids is 1. The molecule has 0 spiro atoms. The first-order chi connectivity index (χ1) is 9.00. The molecular weight excluding hydrogens is 290 g/mol. The first kappa shape index (κ1) is 16.3. The van der Waals surface area contributed by atoms with E-state index in [1.807, 2.05) is 0 Å². The molecule has 0 aliphatic carbocycles. The van der Waals surface area contributed by atoms with Crippen molar-refractivity contribution < 1.29 is 35.9 Å². The predicted octanol–water partition coefficient (Wildman–Crippen LogP) is 4.21. The third-order valence-electron chi connectivity index (χ3n) is 2.56. The molecule has 0 atom stereocenters. The van der Waals surface area contributed by atoms with Crippen molar-refractivity contribution in [3.05, 3.63) is 34.4 Å². The van der Waals surface area contributed by atoms with Gasteiger partial charge in [0, 0.05) is 0 Å². The molecule has 8 heteroatoms. The monoisotopic (exact) mass is 300 g/mol. The van der Waals surface area contributed by atoms with E-state index in [4.69, 9.17) is 0 Å². The largest absolute Gasteiger partial charge is 0.462 e. The molecule has 0 aliphatic rings. The average Bonchev–Trinajstić information content (AvgIpc) is 2.25. The lowest BCUT2D eigenvalue weighted by Gasteiger charge is -2.18. The highest BCUT2D eigenvalue weighted by Crippen LogP contribution is 2.39. The zero-order valence-electron chi connectivity index (χ0n) is 10.4. The molecule has 2 nitrogen and oxygen atoms in total. The lowest BCUT2D eigenvalue weighted by Crippen LogP contribution is -2.20. The van der Waals surface area contributed by atoms with Gasteiger partial charge in [-0.1, -0.05) is 0 Å². The molecule has 0 fully saturated rings. The third kappa shape index (κ3) is 3.23. The van der Waals surface area contributed by atoms with Gasteiger partial charge in [0.1, 0.15) is 0 Å². The SMILES string of the molecule is CCOC(=O)c1c(C(F)(F)F)ccc(C(F)(F)F)c1C. The maximum absolute atomic E-state index is 12.8. The number of benzene rings is 1. The lowest BCUT2D eigenvalue weighted by molar-refractivity contribution is -0.142. The van der Waals surface area contributed by atoms with E-state index in [0.29, 0.717) is 6.07 Å². The van der Waals surface area contributed by atoms with Crippen molar-refractivity contribution in [3.63, 3.8) is 0 Å². The summed E-state index contributed by atoms with van der Waals surface area (Å²) in [6.45, 7) is 1.91. The first-order valence-electron chi connectivity index (χ1n) is 5.45. The molecule has 1 rings (SSSR count). The van der Waals surface area contributed by atoms with Crippen LogP contribution in [0, 0.1) is 6.92 Å². The molecule has 0 aliphatic heterocycles. The summed E-state index contributed by atoms with van der Waals surface area (Å²) in [6.07, 6.45) is -9.80. The minimum absolute atomic E-state index is 0.238. The smallest absolute Gasteiger partial charge is 0.417 e. The Morgan fingerprint density at radius 3 is 1.90 bits per heavy atom. The van der Waals surface area contributed by atoms with Crippen LogP contribution in [-0.2, 0) is 17.1 Å². The van der Waals surface area contributed by atoms with Crippen molar-refractivity contribution >= 4 is 5.97 Å². The number of carbonyl (C=O) groups is 1. The van der Waals surface area contributed by atoms with E-state index in [1.165, 1.54) is 6.92 Å². The molecule has 1 aromatic carbocycles. The summed E-state index contributed by atoms with van der Waals surface area (Å²) in [4.78, 5) is 11.5. The quantitative estimate of drug-likeness (QED) is 0.604. The van der Waals surface area contributed by atoms with Gasteiger partial charge in [-0.2, -0.15) is 26.3 Å². The molecule has 0 radical (unpaired) electrons. The number of esters is 1. The minimum Gasteiger partial charge on any atom is -0.462 e. The van der Waals surface area contributed by atoms with Crippen molar-refractivity contribution in [2.75, 3.05) is 6.61 Å². The van der Waals surface area contributed by atoms with Crippen LogP contribution in [0.1, 0.15) is 34.0 Å². The number of rotatable bonds is 2. The summed E-state index contributed by atoms with van der Waals surface area (Å²) in [6, 6.07) is 0.545. The second kappa shape index (κ2) is 5.34. The maximum Gasteiger partial charge on any atom is 0.417 e. The Bertz CT molecular complexity index is 516. The highest BCUT2D eigenvalue weighted by molar-refractivity contribution is 5.93. The third-order valence-corrected chi connectivity index (χ3v) is 2.56. The molecule has 0 saturated heterocycles. The van der Waals surface area contributed by atoms with E-state index >= 15 is 0 Å². The van der Waals surface area contributed by atoms with E-state index in [-0.39, 0.29) is 12.7 Å². The van der Waals surface area contributed by atoms with Crippen LogP contribution in [0.15, 0.2) is 12.1 Å². The Kier molecular flexibility index (Phi) is 4.36. The molecule has 112 valence electrons. The van der Waals surface area contributed by atoms with E-state index in [9.17, 15) is 31.1 Å². The molecule has 0 bridgehead atoms. The fourth-order valence-electron chi connectivity index (χ4n) is 1.72. The van der Waals surface area contributed by atoms with Crippen molar-refractivity contribution in [1.29, 1.82) is 0 Å². The number of hydrogen-bond donors (Lipinski definition) is 0. The van der Waals surface area contributed by atoms with Gasteiger partial charge in [-0.05, 0) is 31.5 Å². The zero-order chi connectivity index (χ0) is 15.7. The molecule has 0 unspecified atom stereocenters. The van der Waals surface area contributed by atoms with Gasteiger partial charge in [-0.3, -0.25) is 0 Å². The number of halogens is 6. The van der Waals surface area contributed by atoms with Crippen LogP contribution in [0.2, 0.25) is 0 Å². The Labute approximate surface area is 110 Å². The minimum atomic E-state index is -4.95. The van der Waals surface area contributed by atoms with Crippen LogP contribution in [0.5, 0.6) is 0 Å². The highest BCUT2D eigenvalue weighted by Gasteiger charge is 2.41. The van der Waals surface area contributed by atoms with E-state index < -0.39 is 40.6 Å². The zero-order valence-corrected chi connectivity index (χ0v) is 10.4. The average molecular weight is 300 g/mol. The van der Waals surface area contributed by atoms with E-state index in [2.05, 4.69) is 4.74 Å². The lowest BCUT2D eigenvalue weighted by atomic mass is 9.96. The number of ether oxygens (including phenoxy) is 1. The second-order valence-electron chi connectivity index (χ2n) is 3.88. The van der Waals surface area contributed by atoms with Gasteiger partial charge in [0.2, 0.25) is 0 Å². The molecule has 0 heterocycles. The van der Waals surface area contributed by atoms with Crippen molar-refractivity contribution in [2.45, 2.75) is 26.2 Å². The van der Waals surface area contributed by atoms with Gasteiger partial charge in [-0.25, -0.2) is 4.79 Å². The van der Waals surface area contributed by atoms with Gasteiger partial charge in [-0.15, -0.1) is 0 Å². The maximum atomic E-state index is 12.8. The van der Waals surface area contributed by atoms with Crippen molar-refractivity contribution in [2.24, 2.45) is 0 Å². The van der Waals surface area contributed by atoms with Gasteiger partial charge >= 0.3 is 18.3 Å². The van der Waals surface area contributed by atoms with Crippen LogP contribution in [0.25, 0.3) is 0 Å². The normalized spacial score (nSPS) is 12.4. The molecule has 0 saturated carbocycles. The summed E-state index contributed by atoms with van der Waals surface area (Å²) in [5, 5.41) is 0. The Morgan fingerprint density at radius 2 is 1.50 bits per heavy atom. The summed E-state index contributed by atoms with van der Waals surface area (Å²) in [7, 11) is 0.